The topological polar surface area (TPSA) is 75.9 Å². The lowest BCUT2D eigenvalue weighted by Gasteiger charge is -2.32. The Bertz CT molecular complexity index is 1020. The Kier molecular flexibility index (Phi) is 6.31. The smallest absolute Gasteiger partial charge is 0.225 e. The number of aromatic nitrogens is 4. The van der Waals surface area contributed by atoms with Crippen LogP contribution in [0.4, 0.5) is 5.82 Å². The molecule has 7 nitrogen and oxygen atoms in total. The number of rotatable bonds is 5. The molecule has 1 amide bonds. The number of anilines is 1. The van der Waals surface area contributed by atoms with Crippen molar-refractivity contribution >= 4 is 34.3 Å². The molecule has 0 aliphatic carbocycles. The van der Waals surface area contributed by atoms with Crippen LogP contribution in [0.15, 0.2) is 42.5 Å². The van der Waals surface area contributed by atoms with Crippen LogP contribution in [-0.2, 0) is 11.3 Å². The van der Waals surface area contributed by atoms with Crippen LogP contribution in [0.3, 0.4) is 0 Å². The lowest BCUT2D eigenvalue weighted by molar-refractivity contribution is -0.125. The van der Waals surface area contributed by atoms with Crippen LogP contribution in [0.1, 0.15) is 29.8 Å². The second-order valence-corrected chi connectivity index (χ2v) is 8.96. The Morgan fingerprint density at radius 3 is 2.53 bits per heavy atom. The molecule has 2 aromatic heterocycles. The third-order valence-corrected chi connectivity index (χ3v) is 6.08. The van der Waals surface area contributed by atoms with Crippen molar-refractivity contribution in [3.8, 4) is 5.82 Å². The molecular formula is C22H25IN6O. The van der Waals surface area contributed by atoms with Crippen LogP contribution >= 0.6 is 22.6 Å². The number of benzene rings is 1. The molecular weight excluding hydrogens is 491 g/mol. The monoisotopic (exact) mass is 516 g/mol. The minimum atomic E-state index is -0.0416. The van der Waals surface area contributed by atoms with Gasteiger partial charge in [-0.05, 0) is 85.2 Å². The fraction of sp³-hybridized carbons (Fsp3) is 0.364. The number of piperidine rings is 1. The summed E-state index contributed by atoms with van der Waals surface area (Å²) in [6.07, 6.45) is 1.86. The SMILES string of the molecule is Cc1cc(C)n(-c2ccc(N3CCCC(C(=O)NCc4ccc(I)cc4)C3)nn2)n1. The summed E-state index contributed by atoms with van der Waals surface area (Å²) >= 11 is 2.28. The molecule has 1 fully saturated rings. The van der Waals surface area contributed by atoms with E-state index >= 15 is 0 Å². The maximum atomic E-state index is 12.7. The molecule has 30 heavy (non-hydrogen) atoms. The van der Waals surface area contributed by atoms with Crippen molar-refractivity contribution in [1.29, 1.82) is 0 Å². The molecule has 0 spiro atoms. The third kappa shape index (κ3) is 4.80. The number of carbonyl (C=O) groups excluding carboxylic acids is 1. The summed E-state index contributed by atoms with van der Waals surface area (Å²) < 4.78 is 2.99. The highest BCUT2D eigenvalue weighted by Crippen LogP contribution is 2.22. The average Bonchev–Trinajstić information content (AvgIpc) is 3.11. The summed E-state index contributed by atoms with van der Waals surface area (Å²) in [4.78, 5) is 14.9. The van der Waals surface area contributed by atoms with Gasteiger partial charge in [0.15, 0.2) is 11.6 Å². The normalized spacial score (nSPS) is 16.5. The molecule has 4 rings (SSSR count). The molecule has 1 saturated heterocycles. The number of hydrogen-bond acceptors (Lipinski definition) is 5. The minimum Gasteiger partial charge on any atom is -0.354 e. The van der Waals surface area contributed by atoms with Crippen molar-refractivity contribution in [2.45, 2.75) is 33.2 Å². The lowest BCUT2D eigenvalue weighted by Crippen LogP contribution is -2.43. The first-order chi connectivity index (χ1) is 14.5. The van der Waals surface area contributed by atoms with E-state index in [4.69, 9.17) is 0 Å². The van der Waals surface area contributed by atoms with E-state index in [0.29, 0.717) is 18.9 Å². The number of nitrogens with zero attached hydrogens (tertiary/aromatic N) is 5. The molecule has 1 unspecified atom stereocenters. The quantitative estimate of drug-likeness (QED) is 0.527. The van der Waals surface area contributed by atoms with Gasteiger partial charge in [0.1, 0.15) is 0 Å². The van der Waals surface area contributed by atoms with E-state index in [-0.39, 0.29) is 11.8 Å². The van der Waals surface area contributed by atoms with Crippen molar-refractivity contribution < 1.29 is 4.79 Å². The maximum absolute atomic E-state index is 12.7. The van der Waals surface area contributed by atoms with Crippen molar-refractivity contribution in [2.24, 2.45) is 5.92 Å². The van der Waals surface area contributed by atoms with Gasteiger partial charge in [-0.25, -0.2) is 4.68 Å². The number of nitrogens with one attached hydrogen (secondary N) is 1. The Morgan fingerprint density at radius 2 is 1.87 bits per heavy atom. The number of aryl methyl sites for hydroxylation is 2. The first-order valence-electron chi connectivity index (χ1n) is 10.1. The van der Waals surface area contributed by atoms with Crippen LogP contribution in [-0.4, -0.2) is 39.0 Å². The van der Waals surface area contributed by atoms with Crippen molar-refractivity contribution in [2.75, 3.05) is 18.0 Å². The first kappa shape index (κ1) is 20.8. The summed E-state index contributed by atoms with van der Waals surface area (Å²) in [5.74, 6) is 1.56. The number of hydrogen-bond donors (Lipinski definition) is 1. The Labute approximate surface area is 190 Å². The molecule has 1 aliphatic rings. The van der Waals surface area contributed by atoms with Gasteiger partial charge < -0.3 is 10.2 Å². The summed E-state index contributed by atoms with van der Waals surface area (Å²) in [5, 5.41) is 16.3. The molecule has 8 heteroatoms. The second kappa shape index (κ2) is 9.11. The Hall–Kier alpha value is -2.49. The molecule has 0 radical (unpaired) electrons. The lowest BCUT2D eigenvalue weighted by atomic mass is 9.97. The molecule has 1 aromatic carbocycles. The highest BCUT2D eigenvalue weighted by molar-refractivity contribution is 14.1. The van der Waals surface area contributed by atoms with E-state index in [1.807, 2.05) is 32.0 Å². The van der Waals surface area contributed by atoms with E-state index < -0.39 is 0 Å². The Balaban J connectivity index is 1.37. The van der Waals surface area contributed by atoms with Gasteiger partial charge in [-0.3, -0.25) is 4.79 Å². The maximum Gasteiger partial charge on any atom is 0.225 e. The standard InChI is InChI=1S/C22H25IN6O/c1-15-12-16(2)29(27-15)21-10-9-20(25-26-21)28-11-3-4-18(14-28)22(30)24-13-17-5-7-19(23)8-6-17/h5-10,12,18H,3-4,11,13-14H2,1-2H3,(H,24,30). The molecule has 156 valence electrons. The van der Waals surface area contributed by atoms with Crippen LogP contribution in [0.2, 0.25) is 0 Å². The van der Waals surface area contributed by atoms with Crippen molar-refractivity contribution in [3.05, 3.63) is 63.0 Å². The first-order valence-corrected chi connectivity index (χ1v) is 11.2. The van der Waals surface area contributed by atoms with E-state index in [1.54, 1.807) is 4.68 Å². The number of halogens is 1. The zero-order valence-corrected chi connectivity index (χ0v) is 19.3. The van der Waals surface area contributed by atoms with Crippen molar-refractivity contribution in [1.82, 2.24) is 25.3 Å². The van der Waals surface area contributed by atoms with E-state index in [1.165, 1.54) is 3.57 Å². The van der Waals surface area contributed by atoms with Gasteiger partial charge in [0.2, 0.25) is 5.91 Å². The second-order valence-electron chi connectivity index (χ2n) is 7.72. The zero-order valence-electron chi connectivity index (χ0n) is 17.2. The van der Waals surface area contributed by atoms with Gasteiger partial charge in [0.25, 0.3) is 0 Å². The summed E-state index contributed by atoms with van der Waals surface area (Å²) in [6.45, 7) is 6.06. The van der Waals surface area contributed by atoms with Gasteiger partial charge in [0.05, 0.1) is 11.6 Å². The molecule has 3 aromatic rings. The van der Waals surface area contributed by atoms with Crippen LogP contribution < -0.4 is 10.2 Å². The average molecular weight is 516 g/mol. The highest BCUT2D eigenvalue weighted by atomic mass is 127. The highest BCUT2D eigenvalue weighted by Gasteiger charge is 2.26. The summed E-state index contributed by atoms with van der Waals surface area (Å²) in [5.41, 5.74) is 3.09. The molecule has 0 saturated carbocycles. The molecule has 1 N–H and O–H groups in total. The summed E-state index contributed by atoms with van der Waals surface area (Å²) in [6, 6.07) is 14.1. The van der Waals surface area contributed by atoms with Crippen LogP contribution in [0.25, 0.3) is 5.82 Å². The predicted molar refractivity (Wildman–Crippen MR) is 125 cm³/mol. The van der Waals surface area contributed by atoms with Gasteiger partial charge in [0, 0.05) is 28.9 Å². The van der Waals surface area contributed by atoms with Gasteiger partial charge in [-0.15, -0.1) is 10.2 Å². The molecule has 1 aliphatic heterocycles. The minimum absolute atomic E-state index is 0.0416. The molecule has 1 atom stereocenters. The largest absolute Gasteiger partial charge is 0.354 e. The van der Waals surface area contributed by atoms with E-state index in [9.17, 15) is 4.79 Å². The predicted octanol–water partition coefficient (Wildman–Crippen LogP) is 3.42. The number of carbonyl (C=O) groups is 1. The third-order valence-electron chi connectivity index (χ3n) is 5.36. The van der Waals surface area contributed by atoms with Crippen molar-refractivity contribution in [3.63, 3.8) is 0 Å². The fourth-order valence-electron chi connectivity index (χ4n) is 3.80. The van der Waals surface area contributed by atoms with Crippen LogP contribution in [0.5, 0.6) is 0 Å². The van der Waals surface area contributed by atoms with E-state index in [2.05, 4.69) is 72.4 Å². The fourth-order valence-corrected chi connectivity index (χ4v) is 4.16. The summed E-state index contributed by atoms with van der Waals surface area (Å²) in [7, 11) is 0. The zero-order chi connectivity index (χ0) is 21.1. The molecule has 0 bridgehead atoms. The van der Waals surface area contributed by atoms with Gasteiger partial charge in [-0.1, -0.05) is 12.1 Å². The molecule has 3 heterocycles. The van der Waals surface area contributed by atoms with Gasteiger partial charge in [-0.2, -0.15) is 5.10 Å². The Morgan fingerprint density at radius 1 is 1.13 bits per heavy atom. The van der Waals surface area contributed by atoms with Gasteiger partial charge >= 0.3 is 0 Å². The number of amides is 1. The van der Waals surface area contributed by atoms with E-state index in [0.717, 1.165) is 42.2 Å². The van der Waals surface area contributed by atoms with Crippen LogP contribution in [0, 0.1) is 23.3 Å².